The maximum Gasteiger partial charge on any atom is 0.193 e. The highest BCUT2D eigenvalue weighted by Crippen LogP contribution is 2.25. The first kappa shape index (κ1) is 20.0. The molecule has 0 saturated carbocycles. The molecule has 0 N–H and O–H groups in total. The summed E-state index contributed by atoms with van der Waals surface area (Å²) in [5.41, 5.74) is 6.01. The van der Waals surface area contributed by atoms with Crippen molar-refractivity contribution < 1.29 is 4.79 Å². The van der Waals surface area contributed by atoms with Gasteiger partial charge in [-0.3, -0.25) is 4.79 Å². The molecule has 0 amide bonds. The van der Waals surface area contributed by atoms with Crippen molar-refractivity contribution >= 4 is 17.2 Å². The summed E-state index contributed by atoms with van der Waals surface area (Å²) in [7, 11) is 0. The lowest BCUT2D eigenvalue weighted by atomic mass is 9.95. The third kappa shape index (κ3) is 4.09. The van der Waals surface area contributed by atoms with Gasteiger partial charge in [-0.25, -0.2) is 0 Å². The first-order valence-electron chi connectivity index (χ1n) is 9.72. The summed E-state index contributed by atoms with van der Waals surface area (Å²) in [6.45, 7) is 16.5. The molecule has 2 rings (SSSR count). The minimum absolute atomic E-state index is 0.109. The van der Waals surface area contributed by atoms with E-state index in [4.69, 9.17) is 0 Å². The second-order valence-electron chi connectivity index (χ2n) is 6.67. The van der Waals surface area contributed by atoms with Crippen molar-refractivity contribution in [3.63, 3.8) is 0 Å². The number of hydrogen-bond donors (Lipinski definition) is 0. The minimum atomic E-state index is 0.109. The molecule has 0 saturated heterocycles. The van der Waals surface area contributed by atoms with Gasteiger partial charge >= 0.3 is 0 Å². The smallest absolute Gasteiger partial charge is 0.193 e. The average Bonchev–Trinajstić information content (AvgIpc) is 2.63. The molecule has 0 bridgehead atoms. The number of anilines is 2. The van der Waals surface area contributed by atoms with E-state index in [-0.39, 0.29) is 5.78 Å². The molecule has 26 heavy (non-hydrogen) atoms. The van der Waals surface area contributed by atoms with Crippen LogP contribution in [0.1, 0.15) is 54.7 Å². The standard InChI is InChI=1S/C23H32N2O/c1-7-24(8-2)19-11-13-21(17(5)15-19)23(26)22-14-12-20(16-18(22)6)25(9-3)10-4/h11-16H,7-10H2,1-6H3. The molecule has 0 radical (unpaired) electrons. The van der Waals surface area contributed by atoms with Crippen molar-refractivity contribution in [2.24, 2.45) is 0 Å². The minimum Gasteiger partial charge on any atom is -0.372 e. The molecular weight excluding hydrogens is 320 g/mol. The van der Waals surface area contributed by atoms with Crippen molar-refractivity contribution in [2.75, 3.05) is 36.0 Å². The highest BCUT2D eigenvalue weighted by atomic mass is 16.1. The third-order valence-corrected chi connectivity index (χ3v) is 5.17. The number of nitrogens with zero attached hydrogens (tertiary/aromatic N) is 2. The van der Waals surface area contributed by atoms with E-state index in [1.165, 1.54) is 11.4 Å². The Labute approximate surface area is 158 Å². The second kappa shape index (κ2) is 8.88. The highest BCUT2D eigenvalue weighted by Gasteiger charge is 2.16. The van der Waals surface area contributed by atoms with Gasteiger partial charge in [0, 0.05) is 48.7 Å². The van der Waals surface area contributed by atoms with Crippen molar-refractivity contribution in [2.45, 2.75) is 41.5 Å². The zero-order chi connectivity index (χ0) is 19.3. The second-order valence-corrected chi connectivity index (χ2v) is 6.67. The molecule has 0 unspecified atom stereocenters. The summed E-state index contributed by atoms with van der Waals surface area (Å²) in [5.74, 6) is 0.109. The molecule has 0 fully saturated rings. The Morgan fingerprint density at radius 3 is 1.31 bits per heavy atom. The summed E-state index contributed by atoms with van der Waals surface area (Å²) >= 11 is 0. The fraction of sp³-hybridized carbons (Fsp3) is 0.435. The topological polar surface area (TPSA) is 23.6 Å². The lowest BCUT2D eigenvalue weighted by molar-refractivity contribution is 0.103. The molecule has 0 aliphatic rings. The Balaban J connectivity index is 2.34. The zero-order valence-electron chi connectivity index (χ0n) is 17.1. The van der Waals surface area contributed by atoms with Crippen LogP contribution < -0.4 is 9.80 Å². The van der Waals surface area contributed by atoms with Crippen LogP contribution in [0.15, 0.2) is 36.4 Å². The molecule has 0 spiro atoms. The SMILES string of the molecule is CCN(CC)c1ccc(C(=O)c2ccc(N(CC)CC)cc2C)c(C)c1. The highest BCUT2D eigenvalue weighted by molar-refractivity contribution is 6.11. The third-order valence-electron chi connectivity index (χ3n) is 5.17. The van der Waals surface area contributed by atoms with Gasteiger partial charge < -0.3 is 9.80 Å². The molecule has 0 atom stereocenters. The van der Waals surface area contributed by atoms with E-state index < -0.39 is 0 Å². The number of ketones is 1. The summed E-state index contributed by atoms with van der Waals surface area (Å²) in [5, 5.41) is 0. The van der Waals surface area contributed by atoms with Crippen LogP contribution in [0, 0.1) is 13.8 Å². The van der Waals surface area contributed by atoms with Crippen LogP contribution in [0.4, 0.5) is 11.4 Å². The van der Waals surface area contributed by atoms with Crippen molar-refractivity contribution in [1.82, 2.24) is 0 Å². The molecule has 0 aliphatic carbocycles. The lowest BCUT2D eigenvalue weighted by Gasteiger charge is -2.23. The number of carbonyl (C=O) groups is 1. The predicted octanol–water partition coefficient (Wildman–Crippen LogP) is 5.23. The van der Waals surface area contributed by atoms with Crippen LogP contribution >= 0.6 is 0 Å². The predicted molar refractivity (Wildman–Crippen MR) is 113 cm³/mol. The van der Waals surface area contributed by atoms with Crippen LogP contribution in [-0.2, 0) is 0 Å². The Hall–Kier alpha value is -2.29. The fourth-order valence-corrected chi connectivity index (χ4v) is 3.52. The molecular formula is C23H32N2O. The molecule has 140 valence electrons. The average molecular weight is 353 g/mol. The maximum atomic E-state index is 13.1. The van der Waals surface area contributed by atoms with E-state index in [1.807, 2.05) is 26.0 Å². The Morgan fingerprint density at radius 1 is 0.692 bits per heavy atom. The van der Waals surface area contributed by atoms with Crippen LogP contribution in [0.3, 0.4) is 0 Å². The number of benzene rings is 2. The number of carbonyl (C=O) groups excluding carboxylic acids is 1. The Morgan fingerprint density at radius 2 is 1.04 bits per heavy atom. The molecule has 3 heteroatoms. The molecule has 2 aromatic rings. The van der Waals surface area contributed by atoms with Crippen molar-refractivity contribution in [3.8, 4) is 0 Å². The van der Waals surface area contributed by atoms with E-state index >= 15 is 0 Å². The number of hydrogen-bond acceptors (Lipinski definition) is 3. The quantitative estimate of drug-likeness (QED) is 0.608. The van der Waals surface area contributed by atoms with Gasteiger partial charge in [0.2, 0.25) is 0 Å². The lowest BCUT2D eigenvalue weighted by Crippen LogP contribution is -2.22. The summed E-state index contributed by atoms with van der Waals surface area (Å²) in [6.07, 6.45) is 0. The first-order valence-corrected chi connectivity index (χ1v) is 9.72. The van der Waals surface area contributed by atoms with Gasteiger partial charge in [-0.2, -0.15) is 0 Å². The van der Waals surface area contributed by atoms with Crippen LogP contribution in [0.25, 0.3) is 0 Å². The van der Waals surface area contributed by atoms with E-state index in [0.29, 0.717) is 0 Å². The molecule has 2 aromatic carbocycles. The van der Waals surface area contributed by atoms with Gasteiger partial charge in [0.15, 0.2) is 5.78 Å². The fourth-order valence-electron chi connectivity index (χ4n) is 3.52. The van der Waals surface area contributed by atoms with E-state index in [0.717, 1.165) is 48.4 Å². The van der Waals surface area contributed by atoms with Crippen LogP contribution in [0.2, 0.25) is 0 Å². The number of aryl methyl sites for hydroxylation is 2. The van der Waals surface area contributed by atoms with E-state index in [9.17, 15) is 4.79 Å². The number of rotatable bonds is 8. The van der Waals surface area contributed by atoms with Crippen LogP contribution in [-0.4, -0.2) is 32.0 Å². The van der Waals surface area contributed by atoms with Gasteiger partial charge in [-0.05, 0) is 89.1 Å². The molecule has 3 nitrogen and oxygen atoms in total. The first-order chi connectivity index (χ1) is 12.5. The maximum absolute atomic E-state index is 13.1. The normalized spacial score (nSPS) is 10.7. The summed E-state index contributed by atoms with van der Waals surface area (Å²) < 4.78 is 0. The van der Waals surface area contributed by atoms with Gasteiger partial charge in [0.1, 0.15) is 0 Å². The van der Waals surface area contributed by atoms with Gasteiger partial charge in [-0.1, -0.05) is 0 Å². The summed E-state index contributed by atoms with van der Waals surface area (Å²) in [4.78, 5) is 17.7. The van der Waals surface area contributed by atoms with Crippen molar-refractivity contribution in [3.05, 3.63) is 58.7 Å². The van der Waals surface area contributed by atoms with Gasteiger partial charge in [-0.15, -0.1) is 0 Å². The molecule has 0 aromatic heterocycles. The Kier molecular flexibility index (Phi) is 6.84. The molecule has 0 heterocycles. The zero-order valence-corrected chi connectivity index (χ0v) is 17.1. The largest absolute Gasteiger partial charge is 0.372 e. The summed E-state index contributed by atoms with van der Waals surface area (Å²) in [6, 6.07) is 12.3. The molecule has 0 aliphatic heterocycles. The van der Waals surface area contributed by atoms with E-state index in [1.54, 1.807) is 0 Å². The van der Waals surface area contributed by atoms with E-state index in [2.05, 4.69) is 61.8 Å². The van der Waals surface area contributed by atoms with Crippen LogP contribution in [0.5, 0.6) is 0 Å². The van der Waals surface area contributed by atoms with Gasteiger partial charge in [0.25, 0.3) is 0 Å². The Bertz CT molecular complexity index is 695. The monoisotopic (exact) mass is 352 g/mol. The van der Waals surface area contributed by atoms with Crippen molar-refractivity contribution in [1.29, 1.82) is 0 Å². The van der Waals surface area contributed by atoms with Gasteiger partial charge in [0.05, 0.1) is 0 Å².